The van der Waals surface area contributed by atoms with Crippen molar-refractivity contribution in [1.29, 1.82) is 0 Å². The summed E-state index contributed by atoms with van der Waals surface area (Å²) in [6.07, 6.45) is 0. The molecule has 2 aromatic rings. The number of carboxylic acid groups (broad SMARTS) is 1. The molecule has 104 valence electrons. The second-order valence-electron chi connectivity index (χ2n) is 5.17. The highest BCUT2D eigenvalue weighted by atomic mass is 16.4. The van der Waals surface area contributed by atoms with E-state index in [1.54, 1.807) is 6.07 Å². The maximum atomic E-state index is 11.3. The van der Waals surface area contributed by atoms with Gasteiger partial charge in [-0.05, 0) is 37.1 Å². The van der Waals surface area contributed by atoms with E-state index in [4.69, 9.17) is 0 Å². The third-order valence-electron chi connectivity index (χ3n) is 3.30. The molecule has 3 heteroatoms. The third-order valence-corrected chi connectivity index (χ3v) is 3.30. The van der Waals surface area contributed by atoms with Gasteiger partial charge in [-0.25, -0.2) is 4.79 Å². The third kappa shape index (κ3) is 3.18. The molecular formula is C17H19NO2. The minimum absolute atomic E-state index is 0.339. The molecule has 0 spiro atoms. The first-order valence-corrected chi connectivity index (χ1v) is 6.58. The molecule has 2 aromatic carbocycles. The number of rotatable bonds is 4. The van der Waals surface area contributed by atoms with Gasteiger partial charge in [0.1, 0.15) is 0 Å². The normalized spacial score (nSPS) is 10.3. The van der Waals surface area contributed by atoms with E-state index >= 15 is 0 Å². The first-order chi connectivity index (χ1) is 9.47. The van der Waals surface area contributed by atoms with E-state index in [0.29, 0.717) is 12.1 Å². The molecule has 2 rings (SSSR count). The molecule has 0 heterocycles. The smallest absolute Gasteiger partial charge is 0.337 e. The van der Waals surface area contributed by atoms with E-state index in [1.807, 2.05) is 37.1 Å². The highest BCUT2D eigenvalue weighted by Crippen LogP contribution is 2.23. The van der Waals surface area contributed by atoms with Crippen molar-refractivity contribution in [3.8, 4) is 0 Å². The molecule has 1 N–H and O–H groups in total. The van der Waals surface area contributed by atoms with Crippen molar-refractivity contribution in [3.63, 3.8) is 0 Å². The van der Waals surface area contributed by atoms with Crippen molar-refractivity contribution >= 4 is 11.7 Å². The van der Waals surface area contributed by atoms with Gasteiger partial charge in [-0.2, -0.15) is 0 Å². The number of carboxylic acids is 1. The van der Waals surface area contributed by atoms with Crippen molar-refractivity contribution in [3.05, 3.63) is 64.7 Å². The van der Waals surface area contributed by atoms with Crippen LogP contribution in [0.25, 0.3) is 0 Å². The molecule has 0 atom stereocenters. The first-order valence-electron chi connectivity index (χ1n) is 6.58. The number of nitrogens with zero attached hydrogens (tertiary/aromatic N) is 1. The number of hydrogen-bond donors (Lipinski definition) is 1. The molecule has 0 saturated carbocycles. The lowest BCUT2D eigenvalue weighted by molar-refractivity contribution is 0.0697. The van der Waals surface area contributed by atoms with Crippen LogP contribution < -0.4 is 4.90 Å². The predicted octanol–water partition coefficient (Wildman–Crippen LogP) is 3.64. The van der Waals surface area contributed by atoms with Crippen LogP contribution in [0.2, 0.25) is 0 Å². The molecule has 0 amide bonds. The Balaban J connectivity index is 2.31. The fraction of sp³-hybridized carbons (Fsp3) is 0.235. The first kappa shape index (κ1) is 14.1. The summed E-state index contributed by atoms with van der Waals surface area (Å²) < 4.78 is 0. The summed E-state index contributed by atoms with van der Waals surface area (Å²) in [7, 11) is 1.92. The fourth-order valence-corrected chi connectivity index (χ4v) is 2.31. The molecular weight excluding hydrogens is 250 g/mol. The van der Waals surface area contributed by atoms with Gasteiger partial charge in [-0.3, -0.25) is 0 Å². The Kier molecular flexibility index (Phi) is 4.08. The molecule has 20 heavy (non-hydrogen) atoms. The van der Waals surface area contributed by atoms with Crippen LogP contribution in [0, 0.1) is 13.8 Å². The Bertz CT molecular complexity index is 635. The van der Waals surface area contributed by atoms with Gasteiger partial charge in [-0.1, -0.05) is 35.9 Å². The van der Waals surface area contributed by atoms with Crippen LogP contribution in [-0.2, 0) is 6.54 Å². The summed E-state index contributed by atoms with van der Waals surface area (Å²) in [5, 5.41) is 9.29. The van der Waals surface area contributed by atoms with Crippen molar-refractivity contribution in [2.75, 3.05) is 11.9 Å². The zero-order valence-corrected chi connectivity index (χ0v) is 12.1. The predicted molar refractivity (Wildman–Crippen MR) is 81.4 cm³/mol. The van der Waals surface area contributed by atoms with Crippen LogP contribution in [0.15, 0.2) is 42.5 Å². The van der Waals surface area contributed by atoms with Crippen molar-refractivity contribution in [2.24, 2.45) is 0 Å². The molecule has 3 nitrogen and oxygen atoms in total. The second kappa shape index (κ2) is 5.78. The molecule has 0 saturated heterocycles. The lowest BCUT2D eigenvalue weighted by Crippen LogP contribution is -2.19. The summed E-state index contributed by atoms with van der Waals surface area (Å²) in [6.45, 7) is 4.71. The van der Waals surface area contributed by atoms with Crippen LogP contribution >= 0.6 is 0 Å². The summed E-state index contributed by atoms with van der Waals surface area (Å²) in [6, 6.07) is 13.7. The number of benzene rings is 2. The van der Waals surface area contributed by atoms with E-state index in [9.17, 15) is 9.90 Å². The lowest BCUT2D eigenvalue weighted by atomic mass is 10.1. The number of aromatic carboxylic acids is 1. The number of hydrogen-bond acceptors (Lipinski definition) is 2. The van der Waals surface area contributed by atoms with Crippen LogP contribution in [0.3, 0.4) is 0 Å². The standard InChI is InChI=1S/C17H19NO2/c1-12-5-4-6-14(9-12)11-18(3)16-10-13(2)7-8-15(16)17(19)20/h4-10H,11H2,1-3H3,(H,19,20). The Morgan fingerprint density at radius 1 is 1.10 bits per heavy atom. The van der Waals surface area contributed by atoms with Crippen molar-refractivity contribution in [1.82, 2.24) is 0 Å². The Morgan fingerprint density at radius 3 is 2.45 bits per heavy atom. The number of aryl methyl sites for hydroxylation is 2. The molecule has 0 aliphatic carbocycles. The van der Waals surface area contributed by atoms with Gasteiger partial charge in [0, 0.05) is 13.6 Å². The fourth-order valence-electron chi connectivity index (χ4n) is 2.31. The Morgan fingerprint density at radius 2 is 1.80 bits per heavy atom. The van der Waals surface area contributed by atoms with Crippen molar-refractivity contribution in [2.45, 2.75) is 20.4 Å². The highest BCUT2D eigenvalue weighted by Gasteiger charge is 2.13. The maximum Gasteiger partial charge on any atom is 0.337 e. The van der Waals surface area contributed by atoms with Crippen LogP contribution in [0.1, 0.15) is 27.0 Å². The average molecular weight is 269 g/mol. The van der Waals surface area contributed by atoms with E-state index in [1.165, 1.54) is 11.1 Å². The summed E-state index contributed by atoms with van der Waals surface area (Å²) in [5.74, 6) is -0.893. The van der Waals surface area contributed by atoms with Gasteiger partial charge in [0.15, 0.2) is 0 Å². The van der Waals surface area contributed by atoms with Gasteiger partial charge < -0.3 is 10.0 Å². The van der Waals surface area contributed by atoms with Crippen LogP contribution in [0.5, 0.6) is 0 Å². The Labute approximate surface area is 119 Å². The molecule has 0 aliphatic rings. The largest absolute Gasteiger partial charge is 0.478 e. The van der Waals surface area contributed by atoms with Gasteiger partial charge in [-0.15, -0.1) is 0 Å². The van der Waals surface area contributed by atoms with Gasteiger partial charge in [0.25, 0.3) is 0 Å². The minimum Gasteiger partial charge on any atom is -0.478 e. The van der Waals surface area contributed by atoms with Crippen LogP contribution in [-0.4, -0.2) is 18.1 Å². The van der Waals surface area contributed by atoms with Gasteiger partial charge in [0.2, 0.25) is 0 Å². The number of anilines is 1. The van der Waals surface area contributed by atoms with E-state index in [2.05, 4.69) is 25.1 Å². The lowest BCUT2D eigenvalue weighted by Gasteiger charge is -2.22. The SMILES string of the molecule is Cc1cccc(CN(C)c2cc(C)ccc2C(=O)O)c1. The van der Waals surface area contributed by atoms with Crippen LogP contribution in [0.4, 0.5) is 5.69 Å². The molecule has 0 radical (unpaired) electrons. The number of carbonyl (C=O) groups is 1. The summed E-state index contributed by atoms with van der Waals surface area (Å²) in [4.78, 5) is 13.3. The van der Waals surface area contributed by atoms with E-state index in [0.717, 1.165) is 11.3 Å². The molecule has 0 aromatic heterocycles. The zero-order chi connectivity index (χ0) is 14.7. The highest BCUT2D eigenvalue weighted by molar-refractivity contribution is 5.94. The molecule has 0 aliphatic heterocycles. The topological polar surface area (TPSA) is 40.5 Å². The molecule has 0 bridgehead atoms. The molecule has 0 fully saturated rings. The zero-order valence-electron chi connectivity index (χ0n) is 12.1. The quantitative estimate of drug-likeness (QED) is 0.921. The average Bonchev–Trinajstić information content (AvgIpc) is 2.38. The Hall–Kier alpha value is -2.29. The second-order valence-corrected chi connectivity index (χ2v) is 5.17. The van der Waals surface area contributed by atoms with E-state index in [-0.39, 0.29) is 0 Å². The summed E-state index contributed by atoms with van der Waals surface area (Å²) in [5.41, 5.74) is 4.52. The molecule has 0 unspecified atom stereocenters. The monoisotopic (exact) mass is 269 g/mol. The van der Waals surface area contributed by atoms with E-state index < -0.39 is 5.97 Å². The van der Waals surface area contributed by atoms with Gasteiger partial charge in [0.05, 0.1) is 11.3 Å². The summed E-state index contributed by atoms with van der Waals surface area (Å²) >= 11 is 0. The van der Waals surface area contributed by atoms with Gasteiger partial charge >= 0.3 is 5.97 Å². The minimum atomic E-state index is -0.893. The van der Waals surface area contributed by atoms with Crippen molar-refractivity contribution < 1.29 is 9.90 Å². The maximum absolute atomic E-state index is 11.3.